The lowest BCUT2D eigenvalue weighted by Gasteiger charge is -2.06. The Bertz CT molecular complexity index is 981. The molecule has 1 amide bonds. The summed E-state index contributed by atoms with van der Waals surface area (Å²) in [4.78, 5) is 15.9. The number of nitrogens with one attached hydrogen (secondary N) is 4. The number of carbonyl (C=O) groups excluding carboxylic acids is 1. The van der Waals surface area contributed by atoms with Crippen molar-refractivity contribution in [2.24, 2.45) is 10.7 Å². The van der Waals surface area contributed by atoms with Gasteiger partial charge >= 0.3 is 0 Å². The molecule has 0 fully saturated rings. The predicted molar refractivity (Wildman–Crippen MR) is 116 cm³/mol. The van der Waals surface area contributed by atoms with Crippen LogP contribution in [0.4, 0.5) is 11.4 Å². The standard InChI is InChI=1S/C21H22N6O2/c1-13(14-6-8-15(9-7-14)21(29)24-10-11-28)12-25-19(23)18(22)20-26-16-4-2-3-5-17(16)27-20/h2-9,12,23,26-28H,1,10-11,22H2,(H,24,29). The topological polar surface area (TPSA) is 136 Å². The molecule has 0 aliphatic carbocycles. The number of amides is 1. The molecule has 148 valence electrons. The number of nitrogens with two attached hydrogens (primary N) is 1. The van der Waals surface area contributed by atoms with Crippen molar-refractivity contribution >= 4 is 34.9 Å². The molecule has 2 aromatic carbocycles. The van der Waals surface area contributed by atoms with Crippen molar-refractivity contribution in [3.63, 3.8) is 0 Å². The number of fused-ring (bicyclic) bond motifs is 1. The summed E-state index contributed by atoms with van der Waals surface area (Å²) in [6.45, 7) is 4.03. The third-order valence-corrected chi connectivity index (χ3v) is 4.24. The normalized spacial score (nSPS) is 12.1. The summed E-state index contributed by atoms with van der Waals surface area (Å²) < 4.78 is 0. The van der Waals surface area contributed by atoms with Crippen LogP contribution in [0.3, 0.4) is 0 Å². The molecule has 1 aliphatic rings. The second-order valence-electron chi connectivity index (χ2n) is 6.27. The van der Waals surface area contributed by atoms with Crippen LogP contribution < -0.4 is 21.7 Å². The van der Waals surface area contributed by atoms with Crippen LogP contribution >= 0.6 is 0 Å². The van der Waals surface area contributed by atoms with Crippen molar-refractivity contribution < 1.29 is 9.90 Å². The molecule has 0 spiro atoms. The SMILES string of the molecule is C=C(C=NC(=N)C(N)=C1Nc2ccccc2N1)c1ccc(C(=O)NCCO)cc1. The van der Waals surface area contributed by atoms with E-state index in [0.717, 1.165) is 16.9 Å². The first-order valence-electron chi connectivity index (χ1n) is 8.94. The number of rotatable bonds is 6. The lowest BCUT2D eigenvalue weighted by molar-refractivity contribution is 0.0945. The maximum atomic E-state index is 11.9. The van der Waals surface area contributed by atoms with E-state index in [1.54, 1.807) is 24.3 Å². The molecule has 0 aromatic heterocycles. The minimum absolute atomic E-state index is 0.103. The quantitative estimate of drug-likeness (QED) is 0.332. The lowest BCUT2D eigenvalue weighted by Crippen LogP contribution is -2.26. The molecule has 8 nitrogen and oxygen atoms in total. The zero-order valence-corrected chi connectivity index (χ0v) is 15.7. The number of benzene rings is 2. The first kappa shape index (κ1) is 19.8. The van der Waals surface area contributed by atoms with Crippen LogP contribution in [0.25, 0.3) is 5.57 Å². The van der Waals surface area contributed by atoms with Crippen LogP contribution in [0.5, 0.6) is 0 Å². The van der Waals surface area contributed by atoms with Crippen molar-refractivity contribution in [2.75, 3.05) is 23.8 Å². The Hall–Kier alpha value is -3.91. The van der Waals surface area contributed by atoms with Crippen molar-refractivity contribution in [1.29, 1.82) is 5.41 Å². The fourth-order valence-corrected chi connectivity index (χ4v) is 2.65. The minimum atomic E-state index is -0.261. The van der Waals surface area contributed by atoms with E-state index in [1.807, 2.05) is 24.3 Å². The van der Waals surface area contributed by atoms with Crippen LogP contribution in [0.2, 0.25) is 0 Å². The molecule has 0 saturated heterocycles. The molecule has 8 heteroatoms. The highest BCUT2D eigenvalue weighted by Crippen LogP contribution is 2.30. The molecule has 1 aliphatic heterocycles. The summed E-state index contributed by atoms with van der Waals surface area (Å²) in [5.74, 6) is 0.148. The zero-order chi connectivity index (χ0) is 20.8. The van der Waals surface area contributed by atoms with Gasteiger partial charge in [-0.1, -0.05) is 30.8 Å². The third kappa shape index (κ3) is 4.69. The third-order valence-electron chi connectivity index (χ3n) is 4.24. The van der Waals surface area contributed by atoms with Gasteiger partial charge in [-0.2, -0.15) is 0 Å². The average molecular weight is 390 g/mol. The number of hydrogen-bond acceptors (Lipinski definition) is 6. The van der Waals surface area contributed by atoms with Gasteiger partial charge in [0.1, 0.15) is 11.5 Å². The number of amidine groups is 1. The van der Waals surface area contributed by atoms with Crippen LogP contribution in [-0.2, 0) is 0 Å². The summed E-state index contributed by atoms with van der Waals surface area (Å²) in [7, 11) is 0. The van der Waals surface area contributed by atoms with Gasteiger partial charge in [-0.05, 0) is 35.4 Å². The molecule has 0 bridgehead atoms. The summed E-state index contributed by atoms with van der Waals surface area (Å²) in [6, 6.07) is 14.4. The zero-order valence-electron chi connectivity index (χ0n) is 15.7. The van der Waals surface area contributed by atoms with Crippen molar-refractivity contribution in [2.45, 2.75) is 0 Å². The van der Waals surface area contributed by atoms with Crippen LogP contribution in [0.1, 0.15) is 15.9 Å². The van der Waals surface area contributed by atoms with Crippen LogP contribution in [-0.4, -0.2) is 36.2 Å². The predicted octanol–water partition coefficient (Wildman–Crippen LogP) is 2.14. The van der Waals surface area contributed by atoms with Gasteiger partial charge in [0, 0.05) is 18.3 Å². The number of hydrogen-bond donors (Lipinski definition) is 6. The number of aliphatic imine (C=N–C) groups is 1. The van der Waals surface area contributed by atoms with E-state index in [1.165, 1.54) is 6.21 Å². The molecular weight excluding hydrogens is 368 g/mol. The first-order chi connectivity index (χ1) is 14.0. The van der Waals surface area contributed by atoms with Crippen molar-refractivity contribution in [3.05, 3.63) is 77.8 Å². The molecule has 7 N–H and O–H groups in total. The first-order valence-corrected chi connectivity index (χ1v) is 8.94. The van der Waals surface area contributed by atoms with Crippen molar-refractivity contribution in [1.82, 2.24) is 5.32 Å². The largest absolute Gasteiger partial charge is 0.395 e. The Balaban J connectivity index is 1.64. The molecule has 29 heavy (non-hydrogen) atoms. The van der Waals surface area contributed by atoms with Crippen LogP contribution in [0.15, 0.2) is 71.6 Å². The van der Waals surface area contributed by atoms with E-state index in [2.05, 4.69) is 27.5 Å². The molecule has 0 radical (unpaired) electrons. The highest BCUT2D eigenvalue weighted by molar-refractivity contribution is 6.15. The summed E-state index contributed by atoms with van der Waals surface area (Å²) >= 11 is 0. The summed E-state index contributed by atoms with van der Waals surface area (Å²) in [5.41, 5.74) is 9.81. The van der Waals surface area contributed by atoms with Gasteiger partial charge in [0.25, 0.3) is 5.91 Å². The Kier molecular flexibility index (Phi) is 6.06. The fourth-order valence-electron chi connectivity index (χ4n) is 2.65. The van der Waals surface area contributed by atoms with Gasteiger partial charge in [-0.3, -0.25) is 10.2 Å². The number of anilines is 2. The molecule has 2 aromatic rings. The number of aliphatic hydroxyl groups excluding tert-OH is 1. The molecule has 1 heterocycles. The molecule has 0 saturated carbocycles. The Labute approximate surface area is 168 Å². The second kappa shape index (κ2) is 8.85. The van der Waals surface area contributed by atoms with Gasteiger partial charge in [0.15, 0.2) is 5.84 Å². The average Bonchev–Trinajstić information content (AvgIpc) is 3.19. The number of para-hydroxylation sites is 2. The molecule has 3 rings (SSSR count). The van der Waals surface area contributed by atoms with Gasteiger partial charge in [0.2, 0.25) is 0 Å². The van der Waals surface area contributed by atoms with E-state index >= 15 is 0 Å². The van der Waals surface area contributed by atoms with Gasteiger partial charge in [0.05, 0.1) is 18.0 Å². The maximum Gasteiger partial charge on any atom is 0.251 e. The summed E-state index contributed by atoms with van der Waals surface area (Å²) in [5, 5.41) is 25.7. The number of allylic oxidation sites excluding steroid dienone is 1. The number of nitrogens with zero attached hydrogens (tertiary/aromatic N) is 1. The van der Waals surface area contributed by atoms with Crippen molar-refractivity contribution in [3.8, 4) is 0 Å². The fraction of sp³-hybridized carbons (Fsp3) is 0.0952. The van der Waals surface area contributed by atoms with E-state index in [-0.39, 0.29) is 30.6 Å². The van der Waals surface area contributed by atoms with Crippen LogP contribution in [0, 0.1) is 5.41 Å². The minimum Gasteiger partial charge on any atom is -0.395 e. The molecule has 0 unspecified atom stereocenters. The Morgan fingerprint density at radius 1 is 1.14 bits per heavy atom. The smallest absolute Gasteiger partial charge is 0.251 e. The Morgan fingerprint density at radius 3 is 2.31 bits per heavy atom. The number of carbonyl (C=O) groups is 1. The second-order valence-corrected chi connectivity index (χ2v) is 6.27. The van der Waals surface area contributed by atoms with E-state index in [9.17, 15) is 4.79 Å². The Morgan fingerprint density at radius 2 is 1.72 bits per heavy atom. The highest BCUT2D eigenvalue weighted by atomic mass is 16.3. The maximum absolute atomic E-state index is 11.9. The molecular formula is C21H22N6O2. The number of aliphatic hydroxyl groups is 1. The molecule has 0 atom stereocenters. The van der Waals surface area contributed by atoms with E-state index in [0.29, 0.717) is 17.0 Å². The summed E-state index contributed by atoms with van der Waals surface area (Å²) in [6.07, 6.45) is 1.46. The van der Waals surface area contributed by atoms with E-state index < -0.39 is 0 Å². The lowest BCUT2D eigenvalue weighted by atomic mass is 10.1. The van der Waals surface area contributed by atoms with Gasteiger partial charge in [-0.15, -0.1) is 0 Å². The van der Waals surface area contributed by atoms with Gasteiger partial charge < -0.3 is 26.8 Å². The monoisotopic (exact) mass is 390 g/mol. The van der Waals surface area contributed by atoms with E-state index in [4.69, 9.17) is 16.2 Å². The van der Waals surface area contributed by atoms with Gasteiger partial charge in [-0.25, -0.2) is 4.99 Å². The highest BCUT2D eigenvalue weighted by Gasteiger charge is 2.17.